The topological polar surface area (TPSA) is 152 Å². The Hall–Kier alpha value is -4.04. The lowest BCUT2D eigenvalue weighted by atomic mass is 10.0. The normalized spacial score (nSPS) is 12.3. The number of amides is 4. The fourth-order valence-corrected chi connectivity index (χ4v) is 5.73. The Labute approximate surface area is 284 Å². The molecule has 0 bridgehead atoms. The smallest absolute Gasteiger partial charge is 0.407 e. The molecule has 14 heteroatoms. The first-order valence-corrected chi connectivity index (χ1v) is 17.5. The van der Waals surface area contributed by atoms with Gasteiger partial charge in [-0.15, -0.1) is 22.7 Å². The standard InChI is InChI=1S/C33H46N6O6S2/c1-22(2)18-44-29(40)15-28(38-32(42)39(5)17-26-20-46-31(36-26)23(3)4)30(41)35-13-9-12-25(14-24-10-7-6-8-11-24)37-33(43)45-19-27-16-34-21-47-27/h6-8,10-11,16,20-23,25,28H,9,12-15,17-19H2,1-5H3,(H,35,41)(H,37,43)(H,38,42)/t25-,28+/m1/s1. The molecule has 0 fully saturated rings. The molecule has 1 aromatic carbocycles. The molecule has 0 aliphatic heterocycles. The van der Waals surface area contributed by atoms with Crippen molar-refractivity contribution in [1.82, 2.24) is 30.8 Å². The van der Waals surface area contributed by atoms with Crippen molar-refractivity contribution >= 4 is 46.7 Å². The molecule has 0 radical (unpaired) electrons. The van der Waals surface area contributed by atoms with Gasteiger partial charge in [0.15, 0.2) is 0 Å². The summed E-state index contributed by atoms with van der Waals surface area (Å²) in [5.74, 6) is -0.666. The minimum atomic E-state index is -1.13. The van der Waals surface area contributed by atoms with Crippen LogP contribution in [0.25, 0.3) is 0 Å². The van der Waals surface area contributed by atoms with Crippen molar-refractivity contribution in [2.75, 3.05) is 20.2 Å². The maximum Gasteiger partial charge on any atom is 0.407 e. The van der Waals surface area contributed by atoms with Gasteiger partial charge in [-0.25, -0.2) is 14.6 Å². The van der Waals surface area contributed by atoms with Crippen molar-refractivity contribution in [3.8, 4) is 0 Å². The van der Waals surface area contributed by atoms with Gasteiger partial charge in [0.05, 0.1) is 40.7 Å². The van der Waals surface area contributed by atoms with E-state index in [1.165, 1.54) is 27.6 Å². The zero-order valence-corrected chi connectivity index (χ0v) is 29.3. The number of aromatic nitrogens is 2. The predicted octanol–water partition coefficient (Wildman–Crippen LogP) is 5.26. The van der Waals surface area contributed by atoms with Crippen molar-refractivity contribution in [2.24, 2.45) is 5.92 Å². The van der Waals surface area contributed by atoms with E-state index in [4.69, 9.17) is 9.47 Å². The maximum atomic E-state index is 13.3. The van der Waals surface area contributed by atoms with Crippen molar-refractivity contribution < 1.29 is 28.7 Å². The first-order valence-electron chi connectivity index (χ1n) is 15.7. The summed E-state index contributed by atoms with van der Waals surface area (Å²) < 4.78 is 10.7. The lowest BCUT2D eigenvalue weighted by Crippen LogP contribution is -2.51. The molecule has 0 aliphatic rings. The molecule has 0 saturated heterocycles. The first kappa shape index (κ1) is 37.4. The number of hydrogen-bond acceptors (Lipinski definition) is 10. The number of nitrogens with one attached hydrogen (secondary N) is 3. The molecule has 3 N–H and O–H groups in total. The summed E-state index contributed by atoms with van der Waals surface area (Å²) >= 11 is 2.94. The van der Waals surface area contributed by atoms with Crippen LogP contribution in [0.5, 0.6) is 0 Å². The summed E-state index contributed by atoms with van der Waals surface area (Å²) in [7, 11) is 1.61. The number of carbonyl (C=O) groups is 4. The SMILES string of the molecule is CC(C)COC(=O)C[C@H](NC(=O)N(C)Cc1csc(C(C)C)n1)C(=O)NCCC[C@H](Cc1ccccc1)NC(=O)OCc1cncs1. The van der Waals surface area contributed by atoms with Gasteiger partial charge < -0.3 is 30.3 Å². The van der Waals surface area contributed by atoms with Gasteiger partial charge in [-0.3, -0.25) is 14.6 Å². The Morgan fingerprint density at radius 3 is 2.43 bits per heavy atom. The molecule has 0 saturated carbocycles. The van der Waals surface area contributed by atoms with Crippen molar-refractivity contribution in [2.45, 2.75) is 84.5 Å². The van der Waals surface area contributed by atoms with Gasteiger partial charge in [-0.05, 0) is 30.7 Å². The Morgan fingerprint density at radius 1 is 1.00 bits per heavy atom. The fourth-order valence-electron chi connectivity index (χ4n) is 4.39. The van der Waals surface area contributed by atoms with E-state index in [2.05, 4.69) is 39.8 Å². The number of hydrogen-bond donors (Lipinski definition) is 3. The van der Waals surface area contributed by atoms with Crippen molar-refractivity contribution in [1.29, 1.82) is 0 Å². The summed E-state index contributed by atoms with van der Waals surface area (Å²) in [6, 6.07) is 7.88. The largest absolute Gasteiger partial charge is 0.465 e. The zero-order chi connectivity index (χ0) is 34.2. The molecule has 3 rings (SSSR count). The number of carbonyl (C=O) groups excluding carboxylic acids is 4. The Kier molecular flexibility index (Phi) is 15.6. The van der Waals surface area contributed by atoms with Crippen LogP contribution in [0, 0.1) is 5.92 Å². The number of ether oxygens (including phenoxy) is 2. The maximum absolute atomic E-state index is 13.3. The predicted molar refractivity (Wildman–Crippen MR) is 182 cm³/mol. The zero-order valence-electron chi connectivity index (χ0n) is 27.7. The molecule has 3 aromatic rings. The number of esters is 1. The van der Waals surface area contributed by atoms with E-state index >= 15 is 0 Å². The van der Waals surface area contributed by atoms with Crippen LogP contribution >= 0.6 is 22.7 Å². The molecule has 0 unspecified atom stereocenters. The second-order valence-corrected chi connectivity index (χ2v) is 13.8. The van der Waals surface area contributed by atoms with Crippen LogP contribution in [0.15, 0.2) is 47.4 Å². The number of thiazole rings is 2. The van der Waals surface area contributed by atoms with Crippen LogP contribution in [0.3, 0.4) is 0 Å². The van der Waals surface area contributed by atoms with Crippen LogP contribution in [-0.4, -0.2) is 71.2 Å². The molecule has 4 amide bonds. The van der Waals surface area contributed by atoms with Gasteiger partial charge in [0.25, 0.3) is 0 Å². The van der Waals surface area contributed by atoms with E-state index in [1.54, 1.807) is 18.8 Å². The summed E-state index contributed by atoms with van der Waals surface area (Å²) in [5, 5.41) is 11.4. The van der Waals surface area contributed by atoms with E-state index in [-0.39, 0.29) is 50.6 Å². The van der Waals surface area contributed by atoms with Crippen LogP contribution < -0.4 is 16.0 Å². The highest BCUT2D eigenvalue weighted by Crippen LogP contribution is 2.20. The third-order valence-corrected chi connectivity index (χ3v) is 8.82. The number of benzene rings is 1. The van der Waals surface area contributed by atoms with Crippen molar-refractivity contribution in [3.05, 3.63) is 68.6 Å². The molecule has 256 valence electrons. The molecule has 12 nitrogen and oxygen atoms in total. The van der Waals surface area contributed by atoms with Gasteiger partial charge in [0.1, 0.15) is 12.6 Å². The number of rotatable bonds is 18. The summed E-state index contributed by atoms with van der Waals surface area (Å²) in [5.41, 5.74) is 3.48. The molecule has 2 atom stereocenters. The lowest BCUT2D eigenvalue weighted by molar-refractivity contribution is -0.146. The third-order valence-electron chi connectivity index (χ3n) is 6.88. The van der Waals surface area contributed by atoms with Gasteiger partial charge in [-0.1, -0.05) is 58.0 Å². The second kappa shape index (κ2) is 19.6. The van der Waals surface area contributed by atoms with Crippen LogP contribution in [-0.2, 0) is 38.6 Å². The fraction of sp³-hybridized carbons (Fsp3) is 0.515. The van der Waals surface area contributed by atoms with E-state index in [9.17, 15) is 19.2 Å². The summed E-state index contributed by atoms with van der Waals surface area (Å²) in [6.07, 6.45) is 2.47. The molecular weight excluding hydrogens is 641 g/mol. The monoisotopic (exact) mass is 686 g/mol. The Morgan fingerprint density at radius 2 is 1.77 bits per heavy atom. The highest BCUT2D eigenvalue weighted by molar-refractivity contribution is 7.09. The van der Waals surface area contributed by atoms with E-state index in [0.717, 1.165) is 21.1 Å². The average Bonchev–Trinajstić information content (AvgIpc) is 3.74. The van der Waals surface area contributed by atoms with E-state index in [0.29, 0.717) is 19.3 Å². The molecule has 0 spiro atoms. The van der Waals surface area contributed by atoms with E-state index < -0.39 is 30.0 Å². The lowest BCUT2D eigenvalue weighted by Gasteiger charge is -2.23. The minimum Gasteiger partial charge on any atom is -0.465 e. The summed E-state index contributed by atoms with van der Waals surface area (Å²) in [4.78, 5) is 62.3. The molecule has 47 heavy (non-hydrogen) atoms. The highest BCUT2D eigenvalue weighted by atomic mass is 32.1. The summed E-state index contributed by atoms with van der Waals surface area (Å²) in [6.45, 7) is 8.81. The second-order valence-electron chi connectivity index (χ2n) is 12.0. The number of urea groups is 1. The van der Waals surface area contributed by atoms with Crippen LogP contribution in [0.1, 0.15) is 74.0 Å². The molecular formula is C33H46N6O6S2. The van der Waals surface area contributed by atoms with Crippen LogP contribution in [0.2, 0.25) is 0 Å². The highest BCUT2D eigenvalue weighted by Gasteiger charge is 2.26. The molecule has 2 aromatic heterocycles. The van der Waals surface area contributed by atoms with Crippen molar-refractivity contribution in [3.63, 3.8) is 0 Å². The number of alkyl carbamates (subject to hydrolysis) is 1. The van der Waals surface area contributed by atoms with Gasteiger partial charge in [0.2, 0.25) is 5.91 Å². The number of nitrogens with zero attached hydrogens (tertiary/aromatic N) is 3. The third kappa shape index (κ3) is 14.1. The first-order chi connectivity index (χ1) is 22.5. The minimum absolute atomic E-state index is 0.128. The molecule has 0 aliphatic carbocycles. The Balaban J connectivity index is 1.56. The van der Waals surface area contributed by atoms with Gasteiger partial charge in [-0.2, -0.15) is 0 Å². The van der Waals surface area contributed by atoms with Crippen LogP contribution in [0.4, 0.5) is 9.59 Å². The Bertz CT molecular complexity index is 1400. The molecule has 2 heterocycles. The average molecular weight is 687 g/mol. The van der Waals surface area contributed by atoms with Gasteiger partial charge >= 0.3 is 18.1 Å². The van der Waals surface area contributed by atoms with Gasteiger partial charge in [0, 0.05) is 37.1 Å². The van der Waals surface area contributed by atoms with E-state index in [1.807, 2.05) is 49.6 Å². The quantitative estimate of drug-likeness (QED) is 0.121.